The molecule has 0 bridgehead atoms. The van der Waals surface area contributed by atoms with E-state index in [2.05, 4.69) is 5.32 Å². The quantitative estimate of drug-likeness (QED) is 0.452. The minimum Gasteiger partial charge on any atom is -0.484 e. The third kappa shape index (κ3) is 7.40. The highest BCUT2D eigenvalue weighted by atomic mass is 19.1. The Labute approximate surface area is 198 Å². The van der Waals surface area contributed by atoms with Crippen molar-refractivity contribution in [2.45, 2.75) is 32.4 Å². The Kier molecular flexibility index (Phi) is 9.14. The molecule has 34 heavy (non-hydrogen) atoms. The van der Waals surface area contributed by atoms with E-state index in [-0.39, 0.29) is 24.9 Å². The Bertz CT molecular complexity index is 1060. The highest BCUT2D eigenvalue weighted by Gasteiger charge is 2.30. The van der Waals surface area contributed by atoms with Gasteiger partial charge in [-0.25, -0.2) is 8.78 Å². The Morgan fingerprint density at radius 1 is 0.882 bits per heavy atom. The standard InChI is InChI=1S/C27H28F2N2O3/c1-2-16-30-27(33)25(17-20-6-4-3-5-7-20)31(18-21-8-10-22(28)11-9-21)26(32)19-34-24-14-12-23(29)13-15-24/h3-15,25H,2,16-19H2,1H3,(H,30,33)/t25-/m0/s1. The van der Waals surface area contributed by atoms with E-state index in [4.69, 9.17) is 4.74 Å². The minimum atomic E-state index is -0.802. The maximum atomic E-state index is 13.4. The van der Waals surface area contributed by atoms with Gasteiger partial charge in [0.2, 0.25) is 5.91 Å². The van der Waals surface area contributed by atoms with Gasteiger partial charge in [0.15, 0.2) is 6.61 Å². The van der Waals surface area contributed by atoms with Gasteiger partial charge in [-0.05, 0) is 53.9 Å². The van der Waals surface area contributed by atoms with Crippen molar-refractivity contribution in [1.29, 1.82) is 0 Å². The van der Waals surface area contributed by atoms with E-state index < -0.39 is 17.8 Å². The number of hydrogen-bond acceptors (Lipinski definition) is 3. The van der Waals surface area contributed by atoms with E-state index in [1.807, 2.05) is 37.3 Å². The molecule has 5 nitrogen and oxygen atoms in total. The number of nitrogens with one attached hydrogen (secondary N) is 1. The third-order valence-electron chi connectivity index (χ3n) is 5.26. The minimum absolute atomic E-state index is 0.100. The molecule has 3 aromatic rings. The van der Waals surface area contributed by atoms with Crippen molar-refractivity contribution in [3.05, 3.63) is 102 Å². The molecule has 0 aliphatic heterocycles. The zero-order chi connectivity index (χ0) is 24.3. The second-order valence-electron chi connectivity index (χ2n) is 7.89. The van der Waals surface area contributed by atoms with Gasteiger partial charge >= 0.3 is 0 Å². The topological polar surface area (TPSA) is 58.6 Å². The predicted molar refractivity (Wildman–Crippen MR) is 126 cm³/mol. The van der Waals surface area contributed by atoms with Gasteiger partial charge < -0.3 is 15.0 Å². The summed E-state index contributed by atoms with van der Waals surface area (Å²) in [5.74, 6) is -1.15. The summed E-state index contributed by atoms with van der Waals surface area (Å²) in [7, 11) is 0. The van der Waals surface area contributed by atoms with Crippen LogP contribution in [0.3, 0.4) is 0 Å². The van der Waals surface area contributed by atoms with Gasteiger partial charge in [0.05, 0.1) is 0 Å². The van der Waals surface area contributed by atoms with Gasteiger partial charge in [0.1, 0.15) is 23.4 Å². The third-order valence-corrected chi connectivity index (χ3v) is 5.26. The van der Waals surface area contributed by atoms with Crippen LogP contribution in [-0.4, -0.2) is 35.9 Å². The van der Waals surface area contributed by atoms with Crippen molar-refractivity contribution in [2.75, 3.05) is 13.2 Å². The first-order valence-electron chi connectivity index (χ1n) is 11.2. The van der Waals surface area contributed by atoms with Crippen molar-refractivity contribution < 1.29 is 23.1 Å². The van der Waals surface area contributed by atoms with Crippen LogP contribution in [-0.2, 0) is 22.6 Å². The molecule has 2 amide bonds. The fourth-order valence-electron chi connectivity index (χ4n) is 3.47. The number of nitrogens with zero attached hydrogens (tertiary/aromatic N) is 1. The van der Waals surface area contributed by atoms with Crippen molar-refractivity contribution in [1.82, 2.24) is 10.2 Å². The number of hydrogen-bond donors (Lipinski definition) is 1. The molecule has 0 heterocycles. The molecule has 1 atom stereocenters. The summed E-state index contributed by atoms with van der Waals surface area (Å²) in [6.07, 6.45) is 1.06. The molecule has 1 N–H and O–H groups in total. The SMILES string of the molecule is CCCNC(=O)[C@H](Cc1ccccc1)N(Cc1ccc(F)cc1)C(=O)COc1ccc(F)cc1. The lowest BCUT2D eigenvalue weighted by molar-refractivity contribution is -0.142. The molecule has 0 aliphatic carbocycles. The van der Waals surface area contributed by atoms with Gasteiger partial charge in [0, 0.05) is 19.5 Å². The van der Waals surface area contributed by atoms with E-state index in [0.717, 1.165) is 12.0 Å². The zero-order valence-corrected chi connectivity index (χ0v) is 19.0. The van der Waals surface area contributed by atoms with Crippen LogP contribution in [0.1, 0.15) is 24.5 Å². The van der Waals surface area contributed by atoms with Gasteiger partial charge in [-0.2, -0.15) is 0 Å². The molecule has 0 aliphatic rings. The molecule has 0 aromatic heterocycles. The normalized spacial score (nSPS) is 11.5. The molecule has 0 radical (unpaired) electrons. The molecular weight excluding hydrogens is 438 g/mol. The first-order valence-corrected chi connectivity index (χ1v) is 11.2. The largest absolute Gasteiger partial charge is 0.484 e. The van der Waals surface area contributed by atoms with Crippen molar-refractivity contribution in [3.8, 4) is 5.75 Å². The summed E-state index contributed by atoms with van der Waals surface area (Å²) in [6.45, 7) is 2.20. The summed E-state index contributed by atoms with van der Waals surface area (Å²) >= 11 is 0. The fraction of sp³-hybridized carbons (Fsp3) is 0.259. The number of amides is 2. The molecule has 7 heteroatoms. The molecule has 0 spiro atoms. The van der Waals surface area contributed by atoms with E-state index in [1.165, 1.54) is 41.3 Å². The first kappa shape index (κ1) is 24.9. The van der Waals surface area contributed by atoms with Crippen molar-refractivity contribution in [3.63, 3.8) is 0 Å². The van der Waals surface area contributed by atoms with Crippen LogP contribution in [0.25, 0.3) is 0 Å². The molecule has 0 unspecified atom stereocenters. The number of carbonyl (C=O) groups is 2. The lowest BCUT2D eigenvalue weighted by Gasteiger charge is -2.31. The number of rotatable bonds is 11. The number of benzene rings is 3. The van der Waals surface area contributed by atoms with Crippen LogP contribution in [0.15, 0.2) is 78.9 Å². The number of ether oxygens (including phenoxy) is 1. The summed E-state index contributed by atoms with van der Waals surface area (Å²) in [5.41, 5.74) is 1.58. The molecule has 3 rings (SSSR count). The highest BCUT2D eigenvalue weighted by Crippen LogP contribution is 2.17. The summed E-state index contributed by atoms with van der Waals surface area (Å²) in [6, 6.07) is 19.8. The van der Waals surface area contributed by atoms with Crippen molar-refractivity contribution >= 4 is 11.8 Å². The highest BCUT2D eigenvalue weighted by molar-refractivity contribution is 5.88. The van der Waals surface area contributed by atoms with Crippen LogP contribution in [0.4, 0.5) is 8.78 Å². The molecular formula is C27H28F2N2O3. The molecule has 0 fully saturated rings. The predicted octanol–water partition coefficient (Wildman–Crippen LogP) is 4.51. The molecule has 0 saturated heterocycles. The maximum Gasteiger partial charge on any atom is 0.261 e. The first-order chi connectivity index (χ1) is 16.5. The van der Waals surface area contributed by atoms with Crippen LogP contribution in [0.5, 0.6) is 5.75 Å². The van der Waals surface area contributed by atoms with Crippen LogP contribution in [0.2, 0.25) is 0 Å². The molecule has 0 saturated carbocycles. The number of halogens is 2. The van der Waals surface area contributed by atoms with Crippen LogP contribution in [0, 0.1) is 11.6 Å². The van der Waals surface area contributed by atoms with E-state index in [0.29, 0.717) is 24.3 Å². The van der Waals surface area contributed by atoms with Gasteiger partial charge in [0.25, 0.3) is 5.91 Å². The average molecular weight is 467 g/mol. The maximum absolute atomic E-state index is 13.4. The zero-order valence-electron chi connectivity index (χ0n) is 19.0. The van der Waals surface area contributed by atoms with E-state index in [9.17, 15) is 18.4 Å². The van der Waals surface area contributed by atoms with Gasteiger partial charge in [-0.15, -0.1) is 0 Å². The van der Waals surface area contributed by atoms with Crippen LogP contribution >= 0.6 is 0 Å². The van der Waals surface area contributed by atoms with E-state index in [1.54, 1.807) is 12.1 Å². The average Bonchev–Trinajstić information content (AvgIpc) is 2.86. The second-order valence-corrected chi connectivity index (χ2v) is 7.89. The summed E-state index contributed by atoms with van der Waals surface area (Å²) in [4.78, 5) is 28.0. The summed E-state index contributed by atoms with van der Waals surface area (Å²) in [5, 5.41) is 2.89. The monoisotopic (exact) mass is 466 g/mol. The Morgan fingerprint density at radius 3 is 2.12 bits per heavy atom. The number of carbonyl (C=O) groups excluding carboxylic acids is 2. The summed E-state index contributed by atoms with van der Waals surface area (Å²) < 4.78 is 32.2. The molecule has 3 aromatic carbocycles. The van der Waals surface area contributed by atoms with Crippen molar-refractivity contribution in [2.24, 2.45) is 0 Å². The van der Waals surface area contributed by atoms with Gasteiger partial charge in [-0.3, -0.25) is 9.59 Å². The fourth-order valence-corrected chi connectivity index (χ4v) is 3.47. The Morgan fingerprint density at radius 2 is 1.50 bits per heavy atom. The van der Waals surface area contributed by atoms with E-state index >= 15 is 0 Å². The smallest absolute Gasteiger partial charge is 0.261 e. The van der Waals surface area contributed by atoms with Gasteiger partial charge in [-0.1, -0.05) is 49.4 Å². The molecule has 178 valence electrons. The lowest BCUT2D eigenvalue weighted by atomic mass is 10.0. The Hall–Kier alpha value is -3.74. The lowest BCUT2D eigenvalue weighted by Crippen LogP contribution is -2.51. The Balaban J connectivity index is 1.87. The second kappa shape index (κ2) is 12.5. The van der Waals surface area contributed by atoms with Crippen LogP contribution < -0.4 is 10.1 Å².